The molecule has 184 valence electrons. The van der Waals surface area contributed by atoms with Gasteiger partial charge in [0.25, 0.3) is 0 Å². The number of fused-ring (bicyclic) bond motifs is 2. The topological polar surface area (TPSA) is 162 Å². The maximum absolute atomic E-state index is 12.5. The number of H-pyrrole nitrogens is 1. The molecule has 0 bridgehead atoms. The van der Waals surface area contributed by atoms with Crippen molar-refractivity contribution in [3.8, 4) is 23.2 Å². The lowest BCUT2D eigenvalue weighted by molar-refractivity contribution is -0.137. The molecule has 1 aliphatic rings. The maximum atomic E-state index is 12.5. The molecule has 1 aliphatic heterocycles. The summed E-state index contributed by atoms with van der Waals surface area (Å²) in [7, 11) is 0. The number of nitriles is 1. The Labute approximate surface area is 209 Å². The highest BCUT2D eigenvalue weighted by Crippen LogP contribution is 2.31. The van der Waals surface area contributed by atoms with Gasteiger partial charge in [-0.25, -0.2) is 14.8 Å². The van der Waals surface area contributed by atoms with Gasteiger partial charge < -0.3 is 25.0 Å². The first kappa shape index (κ1) is 23.5. The minimum atomic E-state index is -0.825. The van der Waals surface area contributed by atoms with Crippen molar-refractivity contribution in [2.75, 3.05) is 19.7 Å². The summed E-state index contributed by atoms with van der Waals surface area (Å²) in [6.07, 6.45) is 2.18. The second kappa shape index (κ2) is 9.44. The van der Waals surface area contributed by atoms with Gasteiger partial charge in [0, 0.05) is 29.7 Å². The first-order valence-corrected chi connectivity index (χ1v) is 11.5. The predicted octanol–water partition coefficient (Wildman–Crippen LogP) is 2.08. The molecule has 3 aromatic heterocycles. The molecule has 0 spiro atoms. The number of likely N-dealkylation sites (tertiary alicyclic amines) is 1. The molecule has 1 saturated heterocycles. The Bertz CT molecular complexity index is 1520. The maximum Gasteiger partial charge on any atom is 0.413 e. The molecule has 1 fully saturated rings. The second-order valence-electron chi connectivity index (χ2n) is 8.39. The minimum absolute atomic E-state index is 0.101. The van der Waals surface area contributed by atoms with Gasteiger partial charge in [-0.15, -0.1) is 0 Å². The van der Waals surface area contributed by atoms with E-state index < -0.39 is 12.1 Å². The van der Waals surface area contributed by atoms with Crippen LogP contribution >= 0.6 is 11.6 Å². The summed E-state index contributed by atoms with van der Waals surface area (Å²) in [6.45, 7) is 2.43. The quantitative estimate of drug-likeness (QED) is 0.356. The Morgan fingerprint density at radius 2 is 2.22 bits per heavy atom. The lowest BCUT2D eigenvalue weighted by atomic mass is 10.0. The first-order valence-electron chi connectivity index (χ1n) is 11.2. The number of hydrogen-bond acceptors (Lipinski definition) is 8. The van der Waals surface area contributed by atoms with Crippen LogP contribution in [0.2, 0.25) is 5.02 Å². The van der Waals surface area contributed by atoms with Crippen LogP contribution in [0, 0.1) is 17.2 Å². The van der Waals surface area contributed by atoms with Gasteiger partial charge in [0.05, 0.1) is 36.9 Å². The number of nitrogens with one attached hydrogen (secondary N) is 2. The number of ether oxygens (including phenoxy) is 1. The number of aliphatic hydroxyl groups is 1. The molecule has 0 saturated carbocycles. The molecule has 0 unspecified atom stereocenters. The van der Waals surface area contributed by atoms with Crippen molar-refractivity contribution in [2.24, 2.45) is 5.92 Å². The molecule has 1 atom stereocenters. The van der Waals surface area contributed by atoms with E-state index >= 15 is 0 Å². The van der Waals surface area contributed by atoms with Crippen LogP contribution in [0.4, 0.5) is 4.79 Å². The van der Waals surface area contributed by atoms with Crippen molar-refractivity contribution in [3.63, 3.8) is 0 Å². The average molecular weight is 509 g/mol. The highest BCUT2D eigenvalue weighted by Gasteiger charge is 2.33. The van der Waals surface area contributed by atoms with Gasteiger partial charge in [-0.05, 0) is 25.1 Å². The fraction of sp³-hybridized carbons (Fsp3) is 0.304. The molecule has 4 heterocycles. The normalized spacial score (nSPS) is 14.4. The number of rotatable bonds is 6. The molecular weight excluding hydrogens is 488 g/mol. The van der Waals surface area contributed by atoms with Gasteiger partial charge in [-0.2, -0.15) is 10.4 Å². The number of aromatic nitrogens is 5. The molecule has 4 aromatic rings. The summed E-state index contributed by atoms with van der Waals surface area (Å²) in [4.78, 5) is 38.3. The van der Waals surface area contributed by atoms with Crippen LogP contribution in [-0.4, -0.2) is 72.5 Å². The molecule has 12 nitrogen and oxygen atoms in total. The number of carbonyl (C=O) groups is 2. The van der Waals surface area contributed by atoms with Crippen molar-refractivity contribution < 1.29 is 19.4 Å². The Balaban J connectivity index is 1.37. The smallest absolute Gasteiger partial charge is 0.406 e. The zero-order valence-electron chi connectivity index (χ0n) is 19.1. The standard InChI is InChI=1S/C23H21ClN8O4/c1-12(22(34)31-10-13(7-25)11-31)28-23(35)36-18-9-27-21-20(18)29-16(8-26-21)19-15-3-2-14(24)6-17(15)32(30-19)4-5-33/h2-3,6,8-9,12-13,33H,4-5,10-11H2,1H3,(H,26,27)(H,28,35)/t12-/m1/s1. The molecule has 0 aliphatic carbocycles. The average Bonchev–Trinajstić information content (AvgIpc) is 3.39. The largest absolute Gasteiger partial charge is 0.413 e. The van der Waals surface area contributed by atoms with Crippen LogP contribution in [0.25, 0.3) is 33.5 Å². The van der Waals surface area contributed by atoms with E-state index in [0.717, 1.165) is 10.9 Å². The van der Waals surface area contributed by atoms with Crippen molar-refractivity contribution in [2.45, 2.75) is 19.5 Å². The lowest BCUT2D eigenvalue weighted by Crippen LogP contribution is -2.56. The third-order valence-corrected chi connectivity index (χ3v) is 6.13. The fourth-order valence-corrected chi connectivity index (χ4v) is 4.21. The van der Waals surface area contributed by atoms with Crippen LogP contribution in [0.15, 0.2) is 30.6 Å². The van der Waals surface area contributed by atoms with Crippen molar-refractivity contribution in [3.05, 3.63) is 35.6 Å². The molecule has 1 aromatic carbocycles. The summed E-state index contributed by atoms with van der Waals surface area (Å²) >= 11 is 6.15. The predicted molar refractivity (Wildman–Crippen MR) is 129 cm³/mol. The van der Waals surface area contributed by atoms with Crippen LogP contribution in [0.1, 0.15) is 6.92 Å². The van der Waals surface area contributed by atoms with E-state index in [9.17, 15) is 14.7 Å². The molecule has 36 heavy (non-hydrogen) atoms. The molecular formula is C23H21ClN8O4. The van der Waals surface area contributed by atoms with Gasteiger partial charge in [-0.3, -0.25) is 9.48 Å². The number of nitrogens with zero attached hydrogens (tertiary/aromatic N) is 6. The number of carbonyl (C=O) groups excluding carboxylic acids is 2. The Kier molecular flexibility index (Phi) is 6.17. The van der Waals surface area contributed by atoms with Crippen LogP contribution in [0.5, 0.6) is 5.75 Å². The molecule has 5 rings (SSSR count). The summed E-state index contributed by atoms with van der Waals surface area (Å²) in [5.41, 5.74) is 2.41. The van der Waals surface area contributed by atoms with Crippen LogP contribution in [0.3, 0.4) is 0 Å². The zero-order chi connectivity index (χ0) is 25.4. The van der Waals surface area contributed by atoms with Crippen LogP contribution < -0.4 is 10.1 Å². The monoisotopic (exact) mass is 508 g/mol. The Morgan fingerprint density at radius 1 is 1.42 bits per heavy atom. The van der Waals surface area contributed by atoms with E-state index in [1.165, 1.54) is 11.1 Å². The lowest BCUT2D eigenvalue weighted by Gasteiger charge is -2.36. The molecule has 0 radical (unpaired) electrons. The van der Waals surface area contributed by atoms with Crippen molar-refractivity contribution in [1.82, 2.24) is 34.9 Å². The number of aromatic amines is 1. The van der Waals surface area contributed by atoms with Crippen LogP contribution in [-0.2, 0) is 11.3 Å². The van der Waals surface area contributed by atoms with Crippen molar-refractivity contribution >= 4 is 45.7 Å². The Hall–Kier alpha value is -4.21. The zero-order valence-corrected chi connectivity index (χ0v) is 19.9. The summed E-state index contributed by atoms with van der Waals surface area (Å²) in [5.74, 6) is -0.326. The van der Waals surface area contributed by atoms with Gasteiger partial charge in [-0.1, -0.05) is 11.6 Å². The number of halogens is 1. The third-order valence-electron chi connectivity index (χ3n) is 5.90. The highest BCUT2D eigenvalue weighted by atomic mass is 35.5. The van der Waals surface area contributed by atoms with Gasteiger partial charge in [0.1, 0.15) is 17.4 Å². The Morgan fingerprint density at radius 3 is 2.97 bits per heavy atom. The van der Waals surface area contributed by atoms with Gasteiger partial charge in [0.2, 0.25) is 5.91 Å². The van der Waals surface area contributed by atoms with Gasteiger partial charge >= 0.3 is 6.09 Å². The SMILES string of the molecule is C[C@@H](NC(=O)Oc1c[nH]c2ncc(-c3nn(CCO)c4cc(Cl)ccc34)nc12)C(=O)N1CC(C#N)C1. The van der Waals surface area contributed by atoms with E-state index in [0.29, 0.717) is 40.7 Å². The molecule has 3 N–H and O–H groups in total. The minimum Gasteiger partial charge on any atom is -0.406 e. The summed E-state index contributed by atoms with van der Waals surface area (Å²) in [5, 5.41) is 26.7. The van der Waals surface area contributed by atoms with Crippen molar-refractivity contribution in [1.29, 1.82) is 5.26 Å². The van der Waals surface area contributed by atoms with E-state index in [1.807, 2.05) is 6.07 Å². The molecule has 2 amide bonds. The summed E-state index contributed by atoms with van der Waals surface area (Å²) < 4.78 is 7.06. The number of aliphatic hydroxyl groups excluding tert-OH is 1. The molecule has 13 heteroatoms. The second-order valence-corrected chi connectivity index (χ2v) is 8.82. The highest BCUT2D eigenvalue weighted by molar-refractivity contribution is 6.31. The van der Waals surface area contributed by atoms with E-state index in [1.54, 1.807) is 29.9 Å². The fourth-order valence-electron chi connectivity index (χ4n) is 4.04. The van der Waals surface area contributed by atoms with E-state index in [2.05, 4.69) is 31.4 Å². The number of benzene rings is 1. The van der Waals surface area contributed by atoms with E-state index in [4.69, 9.17) is 21.6 Å². The third kappa shape index (κ3) is 4.30. The van der Waals surface area contributed by atoms with E-state index in [-0.39, 0.29) is 30.7 Å². The first-order chi connectivity index (χ1) is 17.4. The van der Waals surface area contributed by atoms with Gasteiger partial charge in [0.15, 0.2) is 16.9 Å². The summed E-state index contributed by atoms with van der Waals surface area (Å²) in [6, 6.07) is 6.59. The number of amides is 2. The number of hydrogen-bond donors (Lipinski definition) is 3.